The second-order valence-corrected chi connectivity index (χ2v) is 8.58. The van der Waals surface area contributed by atoms with Crippen molar-refractivity contribution in [1.82, 2.24) is 14.8 Å². The molecule has 162 valence electrons. The molecule has 1 fully saturated rings. The Morgan fingerprint density at radius 1 is 0.750 bits per heavy atom. The van der Waals surface area contributed by atoms with E-state index in [9.17, 15) is 4.79 Å². The fraction of sp³-hybridized carbons (Fsp3) is 0.250. The molecule has 1 N–H and O–H groups in total. The number of benzene rings is 3. The average molecular weight is 424 g/mol. The van der Waals surface area contributed by atoms with Crippen LogP contribution in [0.3, 0.4) is 0 Å². The van der Waals surface area contributed by atoms with Crippen LogP contribution in [0.15, 0.2) is 91.1 Å². The van der Waals surface area contributed by atoms with Crippen LogP contribution < -0.4 is 0 Å². The monoisotopic (exact) mass is 423 g/mol. The van der Waals surface area contributed by atoms with Gasteiger partial charge in [-0.3, -0.25) is 14.6 Å². The molecule has 0 saturated carbocycles. The summed E-state index contributed by atoms with van der Waals surface area (Å²) >= 11 is 0. The fourth-order valence-electron chi connectivity index (χ4n) is 4.93. The van der Waals surface area contributed by atoms with Crippen LogP contribution in [0.2, 0.25) is 0 Å². The number of H-pyrrole nitrogens is 1. The third-order valence-electron chi connectivity index (χ3n) is 6.73. The Bertz CT molecular complexity index is 1140. The predicted molar refractivity (Wildman–Crippen MR) is 130 cm³/mol. The molecule has 0 radical (unpaired) electrons. The summed E-state index contributed by atoms with van der Waals surface area (Å²) in [5, 5.41) is 1.01. The highest BCUT2D eigenvalue weighted by Crippen LogP contribution is 2.30. The highest BCUT2D eigenvalue weighted by atomic mass is 16.1. The smallest absolute Gasteiger partial charge is 0.181 e. The first-order valence-corrected chi connectivity index (χ1v) is 11.4. The van der Waals surface area contributed by atoms with Gasteiger partial charge in [-0.25, -0.2) is 0 Å². The maximum Gasteiger partial charge on any atom is 0.181 e. The molecule has 1 aliphatic heterocycles. The number of nitrogens with zero attached hydrogens (tertiary/aromatic N) is 2. The Labute approximate surface area is 189 Å². The lowest BCUT2D eigenvalue weighted by Crippen LogP contribution is -2.52. The van der Waals surface area contributed by atoms with E-state index < -0.39 is 0 Å². The van der Waals surface area contributed by atoms with E-state index in [1.54, 1.807) is 0 Å². The third kappa shape index (κ3) is 3.99. The molecule has 0 spiro atoms. The van der Waals surface area contributed by atoms with Crippen molar-refractivity contribution in [3.63, 3.8) is 0 Å². The van der Waals surface area contributed by atoms with Crippen molar-refractivity contribution in [3.8, 4) is 0 Å². The minimum atomic E-state index is -0.136. The second kappa shape index (κ2) is 9.11. The van der Waals surface area contributed by atoms with Crippen LogP contribution in [0.5, 0.6) is 0 Å². The standard InChI is InChI=1S/C28H29N3O/c1-21(28(32)25-20-29-26-15-9-8-14-24(25)26)30-16-18-31(19-17-30)27(22-10-4-2-5-11-22)23-12-6-3-7-13-23/h2-15,20-21,27,29H,16-19H2,1H3. The molecular formula is C28H29N3O. The van der Waals surface area contributed by atoms with Gasteiger partial charge in [0.1, 0.15) is 0 Å². The van der Waals surface area contributed by atoms with Crippen molar-refractivity contribution in [3.05, 3.63) is 108 Å². The van der Waals surface area contributed by atoms with Gasteiger partial charge in [-0.05, 0) is 24.1 Å². The Morgan fingerprint density at radius 3 is 1.91 bits per heavy atom. The van der Waals surface area contributed by atoms with Crippen LogP contribution >= 0.6 is 0 Å². The zero-order valence-corrected chi connectivity index (χ0v) is 18.4. The Kier molecular flexibility index (Phi) is 5.89. The third-order valence-corrected chi connectivity index (χ3v) is 6.73. The van der Waals surface area contributed by atoms with Gasteiger partial charge in [-0.2, -0.15) is 0 Å². The van der Waals surface area contributed by atoms with Crippen molar-refractivity contribution in [2.75, 3.05) is 26.2 Å². The number of para-hydroxylation sites is 1. The number of hydrogen-bond donors (Lipinski definition) is 1. The van der Waals surface area contributed by atoms with E-state index in [-0.39, 0.29) is 17.9 Å². The van der Waals surface area contributed by atoms with Crippen molar-refractivity contribution in [2.24, 2.45) is 0 Å². The molecule has 4 aromatic rings. The van der Waals surface area contributed by atoms with Gasteiger partial charge < -0.3 is 4.98 Å². The summed E-state index contributed by atoms with van der Waals surface area (Å²) in [6.45, 7) is 5.67. The lowest BCUT2D eigenvalue weighted by Gasteiger charge is -2.41. The highest BCUT2D eigenvalue weighted by molar-refractivity contribution is 6.10. The van der Waals surface area contributed by atoms with Gasteiger partial charge in [-0.15, -0.1) is 0 Å². The Balaban J connectivity index is 1.32. The average Bonchev–Trinajstić information content (AvgIpc) is 3.29. The zero-order valence-electron chi connectivity index (χ0n) is 18.4. The minimum Gasteiger partial charge on any atom is -0.360 e. The largest absolute Gasteiger partial charge is 0.360 e. The van der Waals surface area contributed by atoms with Gasteiger partial charge >= 0.3 is 0 Å². The first kappa shape index (κ1) is 20.7. The predicted octanol–water partition coefficient (Wildman–Crippen LogP) is 5.15. The number of ketones is 1. The van der Waals surface area contributed by atoms with Crippen LogP contribution in [-0.4, -0.2) is 52.8 Å². The number of hydrogen-bond acceptors (Lipinski definition) is 3. The van der Waals surface area contributed by atoms with E-state index in [1.165, 1.54) is 11.1 Å². The molecule has 5 rings (SSSR count). The molecule has 1 saturated heterocycles. The van der Waals surface area contributed by atoms with Gasteiger partial charge in [0.05, 0.1) is 12.1 Å². The lowest BCUT2D eigenvalue weighted by atomic mass is 9.96. The SMILES string of the molecule is CC(C(=O)c1c[nH]c2ccccc12)N1CCN(C(c2ccccc2)c2ccccc2)CC1. The highest BCUT2D eigenvalue weighted by Gasteiger charge is 2.31. The molecule has 32 heavy (non-hydrogen) atoms. The minimum absolute atomic E-state index is 0.136. The number of carbonyl (C=O) groups is 1. The van der Waals surface area contributed by atoms with E-state index in [0.717, 1.165) is 42.6 Å². The zero-order chi connectivity index (χ0) is 21.9. The van der Waals surface area contributed by atoms with E-state index in [4.69, 9.17) is 0 Å². The molecule has 1 aliphatic rings. The van der Waals surface area contributed by atoms with Crippen LogP contribution in [0.4, 0.5) is 0 Å². The van der Waals surface area contributed by atoms with Gasteiger partial charge in [0.15, 0.2) is 5.78 Å². The molecule has 0 bridgehead atoms. The molecule has 1 atom stereocenters. The van der Waals surface area contributed by atoms with E-state index >= 15 is 0 Å². The quantitative estimate of drug-likeness (QED) is 0.436. The normalized spacial score (nSPS) is 16.4. The number of carbonyl (C=O) groups excluding carboxylic acids is 1. The molecular weight excluding hydrogens is 394 g/mol. The molecule has 0 aliphatic carbocycles. The van der Waals surface area contributed by atoms with Crippen molar-refractivity contribution >= 4 is 16.7 Å². The number of Topliss-reactive ketones (excluding diaryl/α,β-unsaturated/α-hetero) is 1. The first-order chi connectivity index (χ1) is 15.7. The molecule has 4 nitrogen and oxygen atoms in total. The van der Waals surface area contributed by atoms with E-state index in [1.807, 2.05) is 37.4 Å². The first-order valence-electron chi connectivity index (χ1n) is 11.4. The summed E-state index contributed by atoms with van der Waals surface area (Å²) in [6.07, 6.45) is 1.86. The molecule has 3 aromatic carbocycles. The van der Waals surface area contributed by atoms with Gasteiger partial charge in [0.2, 0.25) is 0 Å². The molecule has 1 unspecified atom stereocenters. The van der Waals surface area contributed by atoms with Crippen molar-refractivity contribution < 1.29 is 4.79 Å². The summed E-state index contributed by atoms with van der Waals surface area (Å²) in [4.78, 5) is 21.4. The molecule has 2 heterocycles. The van der Waals surface area contributed by atoms with E-state index in [2.05, 4.69) is 75.4 Å². The van der Waals surface area contributed by atoms with Crippen LogP contribution in [0, 0.1) is 0 Å². The summed E-state index contributed by atoms with van der Waals surface area (Å²) in [6, 6.07) is 29.6. The molecule has 1 aromatic heterocycles. The summed E-state index contributed by atoms with van der Waals surface area (Å²) in [5.74, 6) is 0.193. The number of nitrogens with one attached hydrogen (secondary N) is 1. The van der Waals surface area contributed by atoms with Gasteiger partial charge in [-0.1, -0.05) is 78.9 Å². The fourth-order valence-corrected chi connectivity index (χ4v) is 4.93. The topological polar surface area (TPSA) is 39.3 Å². The lowest BCUT2D eigenvalue weighted by molar-refractivity contribution is 0.0641. The molecule has 4 heteroatoms. The number of piperazine rings is 1. The Morgan fingerprint density at radius 2 is 1.28 bits per heavy atom. The maximum absolute atomic E-state index is 13.3. The van der Waals surface area contributed by atoms with Gasteiger partial charge in [0.25, 0.3) is 0 Å². The maximum atomic E-state index is 13.3. The number of aromatic amines is 1. The number of rotatable bonds is 6. The van der Waals surface area contributed by atoms with Crippen molar-refractivity contribution in [1.29, 1.82) is 0 Å². The van der Waals surface area contributed by atoms with Crippen LogP contribution in [-0.2, 0) is 0 Å². The van der Waals surface area contributed by atoms with E-state index in [0.29, 0.717) is 0 Å². The second-order valence-electron chi connectivity index (χ2n) is 8.58. The summed E-state index contributed by atoms with van der Waals surface area (Å²) in [5.41, 5.74) is 4.44. The number of fused-ring (bicyclic) bond motifs is 1. The number of aromatic nitrogens is 1. The van der Waals surface area contributed by atoms with Crippen molar-refractivity contribution in [2.45, 2.75) is 19.0 Å². The molecule has 0 amide bonds. The Hall–Kier alpha value is -3.21. The summed E-state index contributed by atoms with van der Waals surface area (Å²) in [7, 11) is 0. The van der Waals surface area contributed by atoms with Crippen LogP contribution in [0.25, 0.3) is 10.9 Å². The van der Waals surface area contributed by atoms with Gasteiger partial charge in [0, 0.05) is 48.8 Å². The van der Waals surface area contributed by atoms with Crippen LogP contribution in [0.1, 0.15) is 34.5 Å². The summed E-state index contributed by atoms with van der Waals surface area (Å²) < 4.78 is 0.